The van der Waals surface area contributed by atoms with Crippen molar-refractivity contribution in [1.29, 1.82) is 5.26 Å². The number of hydrogen-bond donors (Lipinski definition) is 0. The molecule has 1 fully saturated rings. The minimum atomic E-state index is 0.595. The van der Waals surface area contributed by atoms with Crippen LogP contribution in [0.5, 0.6) is 0 Å². The molecule has 1 aliphatic rings. The molecular formula is C17H24N2. The molecule has 2 heteroatoms. The zero-order valence-electron chi connectivity index (χ0n) is 12.3. The van der Waals surface area contributed by atoms with E-state index >= 15 is 0 Å². The maximum Gasteiger partial charge on any atom is 0.101 e. The van der Waals surface area contributed by atoms with E-state index in [0.717, 1.165) is 22.7 Å². The first-order chi connectivity index (χ1) is 9.15. The summed E-state index contributed by atoms with van der Waals surface area (Å²) in [5, 5.41) is 9.29. The van der Waals surface area contributed by atoms with Crippen LogP contribution in [-0.4, -0.2) is 13.1 Å². The van der Waals surface area contributed by atoms with Gasteiger partial charge in [0.2, 0.25) is 0 Å². The van der Waals surface area contributed by atoms with Gasteiger partial charge in [0.15, 0.2) is 0 Å². The van der Waals surface area contributed by atoms with Gasteiger partial charge in [0.1, 0.15) is 6.07 Å². The Balaban J connectivity index is 2.12. The highest BCUT2D eigenvalue weighted by Crippen LogP contribution is 2.32. The van der Waals surface area contributed by atoms with Gasteiger partial charge in [-0.05, 0) is 56.2 Å². The summed E-state index contributed by atoms with van der Waals surface area (Å²) in [6.45, 7) is 4.33. The van der Waals surface area contributed by atoms with Crippen molar-refractivity contribution >= 4 is 5.69 Å². The molecule has 0 radical (unpaired) electrons. The normalized spacial score (nSPS) is 22.8. The van der Waals surface area contributed by atoms with Crippen LogP contribution in [0, 0.1) is 24.2 Å². The molecule has 0 spiro atoms. The number of anilines is 1. The van der Waals surface area contributed by atoms with Crippen LogP contribution in [0.25, 0.3) is 0 Å². The van der Waals surface area contributed by atoms with Crippen LogP contribution in [0.2, 0.25) is 0 Å². The third kappa shape index (κ3) is 3.10. The van der Waals surface area contributed by atoms with Crippen LogP contribution in [0.1, 0.15) is 50.2 Å². The molecule has 1 saturated carbocycles. The Morgan fingerprint density at radius 3 is 2.53 bits per heavy atom. The fourth-order valence-electron chi connectivity index (χ4n) is 3.18. The molecule has 2 rings (SSSR count). The summed E-state index contributed by atoms with van der Waals surface area (Å²) >= 11 is 0. The van der Waals surface area contributed by atoms with Crippen molar-refractivity contribution in [2.75, 3.05) is 11.9 Å². The molecule has 0 aliphatic heterocycles. The third-order valence-corrected chi connectivity index (χ3v) is 4.59. The lowest BCUT2D eigenvalue weighted by Crippen LogP contribution is -2.35. The van der Waals surface area contributed by atoms with Crippen molar-refractivity contribution in [3.05, 3.63) is 29.3 Å². The molecule has 0 aromatic heterocycles. The highest BCUT2D eigenvalue weighted by atomic mass is 15.1. The first kappa shape index (κ1) is 13.9. The van der Waals surface area contributed by atoms with Crippen molar-refractivity contribution in [2.45, 2.75) is 52.0 Å². The van der Waals surface area contributed by atoms with Crippen molar-refractivity contribution < 1.29 is 0 Å². The van der Waals surface area contributed by atoms with E-state index in [1.54, 1.807) is 0 Å². The molecule has 1 aliphatic carbocycles. The monoisotopic (exact) mass is 256 g/mol. The van der Waals surface area contributed by atoms with Crippen LogP contribution in [0.15, 0.2) is 18.2 Å². The smallest absolute Gasteiger partial charge is 0.101 e. The molecule has 0 atom stereocenters. The Morgan fingerprint density at radius 2 is 1.95 bits per heavy atom. The number of nitriles is 1. The maximum absolute atomic E-state index is 9.29. The Morgan fingerprint density at radius 1 is 1.26 bits per heavy atom. The van der Waals surface area contributed by atoms with E-state index in [9.17, 15) is 5.26 Å². The van der Waals surface area contributed by atoms with Crippen LogP contribution >= 0.6 is 0 Å². The summed E-state index contributed by atoms with van der Waals surface area (Å²) in [7, 11) is 2.14. The lowest BCUT2D eigenvalue weighted by atomic mass is 9.84. The maximum atomic E-state index is 9.29. The Labute approximate surface area is 117 Å². The fraction of sp³-hybridized carbons (Fsp3) is 0.588. The summed E-state index contributed by atoms with van der Waals surface area (Å²) in [6, 6.07) is 9.12. The molecular weight excluding hydrogens is 232 g/mol. The van der Waals surface area contributed by atoms with E-state index in [1.807, 2.05) is 13.0 Å². The van der Waals surface area contributed by atoms with Gasteiger partial charge >= 0.3 is 0 Å². The van der Waals surface area contributed by atoms with Crippen molar-refractivity contribution in [3.63, 3.8) is 0 Å². The van der Waals surface area contributed by atoms with Crippen LogP contribution in [0.3, 0.4) is 0 Å². The number of aryl methyl sites for hydroxylation is 1. The van der Waals surface area contributed by atoms with Gasteiger partial charge in [0.05, 0.1) is 11.3 Å². The van der Waals surface area contributed by atoms with Gasteiger partial charge in [-0.15, -0.1) is 0 Å². The van der Waals surface area contributed by atoms with Gasteiger partial charge in [0, 0.05) is 13.1 Å². The van der Waals surface area contributed by atoms with E-state index in [0.29, 0.717) is 6.04 Å². The summed E-state index contributed by atoms with van der Waals surface area (Å²) in [5.41, 5.74) is 3.05. The molecule has 0 heterocycles. The molecule has 0 unspecified atom stereocenters. The molecule has 102 valence electrons. The predicted octanol–water partition coefficient (Wildman–Crippen LogP) is 4.27. The Hall–Kier alpha value is -1.49. The average molecular weight is 256 g/mol. The Bertz CT molecular complexity index is 465. The first-order valence-corrected chi connectivity index (χ1v) is 7.39. The minimum Gasteiger partial charge on any atom is -0.371 e. The average Bonchev–Trinajstić information content (AvgIpc) is 2.46. The lowest BCUT2D eigenvalue weighted by molar-refractivity contribution is 0.313. The summed E-state index contributed by atoms with van der Waals surface area (Å²) in [6.07, 6.45) is 6.49. The zero-order valence-corrected chi connectivity index (χ0v) is 12.3. The summed E-state index contributed by atoms with van der Waals surface area (Å²) < 4.78 is 0. The zero-order chi connectivity index (χ0) is 13.8. The second-order valence-corrected chi connectivity index (χ2v) is 5.83. The lowest BCUT2D eigenvalue weighted by Gasteiger charge is -2.36. The molecule has 19 heavy (non-hydrogen) atoms. The number of benzene rings is 1. The fourth-order valence-corrected chi connectivity index (χ4v) is 3.18. The highest BCUT2D eigenvalue weighted by molar-refractivity contribution is 5.60. The predicted molar refractivity (Wildman–Crippen MR) is 80.3 cm³/mol. The second-order valence-electron chi connectivity index (χ2n) is 5.83. The number of rotatable bonds is 3. The molecule has 0 bridgehead atoms. The van der Waals surface area contributed by atoms with Crippen molar-refractivity contribution in [2.24, 2.45) is 5.92 Å². The van der Waals surface area contributed by atoms with E-state index in [4.69, 9.17) is 0 Å². The van der Waals surface area contributed by atoms with E-state index in [1.165, 1.54) is 32.1 Å². The quantitative estimate of drug-likeness (QED) is 0.807. The molecule has 1 aromatic carbocycles. The van der Waals surface area contributed by atoms with Gasteiger partial charge < -0.3 is 4.90 Å². The third-order valence-electron chi connectivity index (χ3n) is 4.59. The first-order valence-electron chi connectivity index (χ1n) is 7.39. The van der Waals surface area contributed by atoms with E-state index < -0.39 is 0 Å². The molecule has 0 saturated heterocycles. The van der Waals surface area contributed by atoms with Crippen LogP contribution < -0.4 is 4.90 Å². The number of hydrogen-bond acceptors (Lipinski definition) is 2. The van der Waals surface area contributed by atoms with Crippen molar-refractivity contribution in [1.82, 2.24) is 0 Å². The van der Waals surface area contributed by atoms with E-state index in [2.05, 4.69) is 37.1 Å². The largest absolute Gasteiger partial charge is 0.371 e. The van der Waals surface area contributed by atoms with Crippen LogP contribution in [-0.2, 0) is 0 Å². The van der Waals surface area contributed by atoms with Gasteiger partial charge in [-0.1, -0.05) is 19.4 Å². The second kappa shape index (κ2) is 6.10. The van der Waals surface area contributed by atoms with Gasteiger partial charge in [-0.2, -0.15) is 5.26 Å². The minimum absolute atomic E-state index is 0.595. The standard InChI is InChI=1S/C17H24N2/c1-4-14-6-8-16(9-7-14)19(3)17-10-5-13(2)11-15(17)12-18/h5,10-11,14,16H,4,6-9H2,1-3H3. The van der Waals surface area contributed by atoms with Crippen LogP contribution in [0.4, 0.5) is 5.69 Å². The van der Waals surface area contributed by atoms with E-state index in [-0.39, 0.29) is 0 Å². The molecule has 1 aromatic rings. The van der Waals surface area contributed by atoms with Gasteiger partial charge in [-0.3, -0.25) is 0 Å². The Kier molecular flexibility index (Phi) is 4.47. The SMILES string of the molecule is CCC1CCC(N(C)c2ccc(C)cc2C#N)CC1. The van der Waals surface area contributed by atoms with Crippen molar-refractivity contribution in [3.8, 4) is 6.07 Å². The topological polar surface area (TPSA) is 27.0 Å². The summed E-state index contributed by atoms with van der Waals surface area (Å²) in [5.74, 6) is 0.915. The highest BCUT2D eigenvalue weighted by Gasteiger charge is 2.24. The number of nitrogens with zero attached hydrogens (tertiary/aromatic N) is 2. The molecule has 2 nitrogen and oxygen atoms in total. The van der Waals surface area contributed by atoms with Gasteiger partial charge in [-0.25, -0.2) is 0 Å². The molecule has 0 N–H and O–H groups in total. The van der Waals surface area contributed by atoms with Gasteiger partial charge in [0.25, 0.3) is 0 Å². The molecule has 0 amide bonds. The summed E-state index contributed by atoms with van der Waals surface area (Å²) in [4.78, 5) is 2.32.